The molecule has 0 fully saturated rings. The number of imidazole rings is 1. The smallest absolute Gasteiger partial charge is 0.163 e. The van der Waals surface area contributed by atoms with Gasteiger partial charge in [0.05, 0.1) is 36.0 Å². The van der Waals surface area contributed by atoms with Crippen LogP contribution in [0.3, 0.4) is 0 Å². The second kappa shape index (κ2) is 5.18. The fourth-order valence-corrected chi connectivity index (χ4v) is 2.38. The Balaban J connectivity index is 2.19. The van der Waals surface area contributed by atoms with Crippen LogP contribution in [0, 0.1) is 0 Å². The van der Waals surface area contributed by atoms with Crippen molar-refractivity contribution in [1.82, 2.24) is 9.97 Å². The van der Waals surface area contributed by atoms with Gasteiger partial charge in [0.25, 0.3) is 0 Å². The highest BCUT2D eigenvalue weighted by atomic mass is 35.5. The highest BCUT2D eigenvalue weighted by Crippen LogP contribution is 2.34. The average molecular weight is 304 g/mol. The topological polar surface area (TPSA) is 73.2 Å². The fraction of sp³-hybridized carbons (Fsp3) is 0.133. The van der Waals surface area contributed by atoms with Gasteiger partial charge in [-0.2, -0.15) is 0 Å². The molecule has 0 aliphatic rings. The number of nitrogen functional groups attached to an aromatic ring is 1. The lowest BCUT2D eigenvalue weighted by Gasteiger charge is -2.06. The van der Waals surface area contributed by atoms with Crippen molar-refractivity contribution in [2.45, 2.75) is 0 Å². The minimum atomic E-state index is 0.497. The van der Waals surface area contributed by atoms with Gasteiger partial charge in [-0.1, -0.05) is 17.7 Å². The Labute approximate surface area is 126 Å². The molecule has 21 heavy (non-hydrogen) atoms. The van der Waals surface area contributed by atoms with Crippen molar-refractivity contribution in [3.05, 3.63) is 35.4 Å². The molecule has 0 spiro atoms. The van der Waals surface area contributed by atoms with Gasteiger partial charge in [0.1, 0.15) is 5.82 Å². The number of halogens is 1. The first-order chi connectivity index (χ1) is 10.1. The number of aromatic amines is 1. The Hall–Kier alpha value is -2.40. The van der Waals surface area contributed by atoms with Crippen LogP contribution >= 0.6 is 11.6 Å². The number of rotatable bonds is 3. The Morgan fingerprint density at radius 1 is 1.14 bits per heavy atom. The van der Waals surface area contributed by atoms with Crippen LogP contribution in [0.5, 0.6) is 11.5 Å². The maximum absolute atomic E-state index is 6.05. The number of hydrogen-bond acceptors (Lipinski definition) is 4. The molecule has 0 atom stereocenters. The molecule has 2 aromatic carbocycles. The maximum Gasteiger partial charge on any atom is 0.163 e. The number of H-pyrrole nitrogens is 1. The molecule has 0 saturated carbocycles. The molecular formula is C15H14ClN3O2. The fourth-order valence-electron chi connectivity index (χ4n) is 2.21. The van der Waals surface area contributed by atoms with Crippen LogP contribution in [0.1, 0.15) is 0 Å². The monoisotopic (exact) mass is 303 g/mol. The molecule has 3 aromatic rings. The summed E-state index contributed by atoms with van der Waals surface area (Å²) in [5, 5.41) is 0.503. The summed E-state index contributed by atoms with van der Waals surface area (Å²) in [7, 11) is 3.18. The SMILES string of the molecule is COc1cc2nc(-c3cccc(Cl)c3N)[nH]c2cc1OC. The first-order valence-electron chi connectivity index (χ1n) is 6.30. The minimum Gasteiger partial charge on any atom is -0.493 e. The van der Waals surface area contributed by atoms with E-state index in [1.54, 1.807) is 20.3 Å². The summed E-state index contributed by atoms with van der Waals surface area (Å²) in [6, 6.07) is 9.10. The molecule has 1 heterocycles. The van der Waals surface area contributed by atoms with Crippen LogP contribution in [0.15, 0.2) is 30.3 Å². The van der Waals surface area contributed by atoms with E-state index in [1.165, 1.54) is 0 Å². The number of methoxy groups -OCH3 is 2. The molecule has 3 N–H and O–H groups in total. The number of ether oxygens (including phenoxy) is 2. The van der Waals surface area contributed by atoms with E-state index in [2.05, 4.69) is 9.97 Å². The molecule has 0 radical (unpaired) electrons. The van der Waals surface area contributed by atoms with Crippen molar-refractivity contribution in [2.24, 2.45) is 0 Å². The molecule has 0 aliphatic carbocycles. The number of benzene rings is 2. The number of fused-ring (bicyclic) bond motifs is 1. The second-order valence-electron chi connectivity index (χ2n) is 4.51. The number of anilines is 1. The molecule has 1 aromatic heterocycles. The summed E-state index contributed by atoms with van der Waals surface area (Å²) in [4.78, 5) is 7.76. The van der Waals surface area contributed by atoms with Gasteiger partial charge in [0.15, 0.2) is 11.5 Å². The predicted molar refractivity (Wildman–Crippen MR) is 84.1 cm³/mol. The third-order valence-electron chi connectivity index (χ3n) is 3.30. The number of aromatic nitrogens is 2. The largest absolute Gasteiger partial charge is 0.493 e. The summed E-state index contributed by atoms with van der Waals surface area (Å²) < 4.78 is 10.6. The highest BCUT2D eigenvalue weighted by Gasteiger charge is 2.13. The number of hydrogen-bond donors (Lipinski definition) is 2. The van der Waals surface area contributed by atoms with Gasteiger partial charge in [0, 0.05) is 17.7 Å². The first kappa shape index (κ1) is 13.6. The first-order valence-corrected chi connectivity index (χ1v) is 6.68. The minimum absolute atomic E-state index is 0.497. The van der Waals surface area contributed by atoms with Gasteiger partial charge in [-0.15, -0.1) is 0 Å². The molecule has 0 aliphatic heterocycles. The summed E-state index contributed by atoms with van der Waals surface area (Å²) in [6.45, 7) is 0. The molecule has 3 rings (SSSR count). The highest BCUT2D eigenvalue weighted by molar-refractivity contribution is 6.33. The van der Waals surface area contributed by atoms with Gasteiger partial charge in [-0.3, -0.25) is 0 Å². The maximum atomic E-state index is 6.05. The number of nitrogens with zero attached hydrogens (tertiary/aromatic N) is 1. The zero-order valence-electron chi connectivity index (χ0n) is 11.6. The molecule has 5 nitrogen and oxygen atoms in total. The van der Waals surface area contributed by atoms with E-state index < -0.39 is 0 Å². The molecule has 0 amide bonds. The number of para-hydroxylation sites is 1. The molecule has 0 bridgehead atoms. The van der Waals surface area contributed by atoms with Gasteiger partial charge >= 0.3 is 0 Å². The standard InChI is InChI=1S/C15H14ClN3O2/c1-20-12-6-10-11(7-13(12)21-2)19-15(18-10)8-4-3-5-9(16)14(8)17/h3-7H,17H2,1-2H3,(H,18,19). The van der Waals surface area contributed by atoms with Gasteiger partial charge in [0.2, 0.25) is 0 Å². The molecule has 0 saturated heterocycles. The Morgan fingerprint density at radius 2 is 1.86 bits per heavy atom. The van der Waals surface area contributed by atoms with Crippen molar-refractivity contribution in [2.75, 3.05) is 20.0 Å². The van der Waals surface area contributed by atoms with Crippen molar-refractivity contribution in [3.8, 4) is 22.9 Å². The van der Waals surface area contributed by atoms with Gasteiger partial charge in [-0.25, -0.2) is 4.98 Å². The summed E-state index contributed by atoms with van der Waals surface area (Å²) >= 11 is 6.05. The zero-order chi connectivity index (χ0) is 15.0. The summed E-state index contributed by atoms with van der Waals surface area (Å²) in [5.41, 5.74) is 8.87. The third kappa shape index (κ3) is 2.25. The second-order valence-corrected chi connectivity index (χ2v) is 4.92. The zero-order valence-corrected chi connectivity index (χ0v) is 12.4. The Morgan fingerprint density at radius 3 is 2.57 bits per heavy atom. The number of nitrogens with one attached hydrogen (secondary N) is 1. The van der Waals surface area contributed by atoms with Crippen LogP contribution in [0.2, 0.25) is 5.02 Å². The predicted octanol–water partition coefficient (Wildman–Crippen LogP) is 3.48. The van der Waals surface area contributed by atoms with Crippen molar-refractivity contribution >= 4 is 28.3 Å². The van der Waals surface area contributed by atoms with Crippen LogP contribution in [-0.2, 0) is 0 Å². The molecule has 0 unspecified atom stereocenters. The quantitative estimate of drug-likeness (QED) is 0.727. The molecular weight excluding hydrogens is 290 g/mol. The average Bonchev–Trinajstić information content (AvgIpc) is 2.90. The van der Waals surface area contributed by atoms with Gasteiger partial charge in [-0.05, 0) is 12.1 Å². The van der Waals surface area contributed by atoms with Crippen molar-refractivity contribution < 1.29 is 9.47 Å². The lowest BCUT2D eigenvalue weighted by Crippen LogP contribution is -1.92. The van der Waals surface area contributed by atoms with E-state index in [9.17, 15) is 0 Å². The van der Waals surface area contributed by atoms with Crippen LogP contribution in [0.25, 0.3) is 22.4 Å². The van der Waals surface area contributed by atoms with E-state index in [1.807, 2.05) is 24.3 Å². The van der Waals surface area contributed by atoms with Gasteiger partial charge < -0.3 is 20.2 Å². The third-order valence-corrected chi connectivity index (χ3v) is 3.62. The summed E-state index contributed by atoms with van der Waals surface area (Å²) in [6.07, 6.45) is 0. The van der Waals surface area contributed by atoms with E-state index >= 15 is 0 Å². The Bertz CT molecular complexity index is 773. The van der Waals surface area contributed by atoms with Crippen LogP contribution < -0.4 is 15.2 Å². The normalized spacial score (nSPS) is 10.8. The lowest BCUT2D eigenvalue weighted by molar-refractivity contribution is 0.356. The van der Waals surface area contributed by atoms with Crippen molar-refractivity contribution in [1.29, 1.82) is 0 Å². The van der Waals surface area contributed by atoms with Crippen molar-refractivity contribution in [3.63, 3.8) is 0 Å². The van der Waals surface area contributed by atoms with E-state index in [0.717, 1.165) is 16.6 Å². The summed E-state index contributed by atoms with van der Waals surface area (Å²) in [5.74, 6) is 1.92. The number of nitrogens with two attached hydrogens (primary N) is 1. The Kier molecular flexibility index (Phi) is 3.35. The molecule has 6 heteroatoms. The van der Waals surface area contributed by atoms with E-state index in [-0.39, 0.29) is 0 Å². The van der Waals surface area contributed by atoms with E-state index in [0.29, 0.717) is 28.0 Å². The van der Waals surface area contributed by atoms with Crippen LogP contribution in [-0.4, -0.2) is 24.2 Å². The van der Waals surface area contributed by atoms with Crippen LogP contribution in [0.4, 0.5) is 5.69 Å². The van der Waals surface area contributed by atoms with E-state index in [4.69, 9.17) is 26.8 Å². The lowest BCUT2D eigenvalue weighted by atomic mass is 10.2. The molecule has 108 valence electrons.